The topological polar surface area (TPSA) is 97.0 Å². The van der Waals surface area contributed by atoms with Crippen LogP contribution in [0, 0.1) is 6.92 Å². The highest BCUT2D eigenvalue weighted by atomic mass is 16.5. The molecule has 3 heterocycles. The first-order chi connectivity index (χ1) is 13.6. The number of rotatable bonds is 4. The summed E-state index contributed by atoms with van der Waals surface area (Å²) in [5.41, 5.74) is 3.26. The Morgan fingerprint density at radius 1 is 1.25 bits per heavy atom. The van der Waals surface area contributed by atoms with Gasteiger partial charge in [-0.2, -0.15) is 0 Å². The molecule has 140 valence electrons. The van der Waals surface area contributed by atoms with E-state index in [9.17, 15) is 9.90 Å². The summed E-state index contributed by atoms with van der Waals surface area (Å²) in [5, 5.41) is 13.6. The molecule has 2 aromatic heterocycles. The van der Waals surface area contributed by atoms with Crippen LogP contribution < -0.4 is 5.32 Å². The van der Waals surface area contributed by atoms with Crippen LogP contribution in [0.25, 0.3) is 11.6 Å². The molecule has 1 aliphatic heterocycles. The average Bonchev–Trinajstić information content (AvgIpc) is 3.25. The molecule has 0 spiro atoms. The molecule has 0 aliphatic carbocycles. The molecule has 3 aromatic rings. The molecule has 0 unspecified atom stereocenters. The quantitative estimate of drug-likeness (QED) is 0.653. The Bertz CT molecular complexity index is 1110. The minimum Gasteiger partial charge on any atom is -0.504 e. The first-order valence-electron chi connectivity index (χ1n) is 8.55. The standard InChI is InChI=1S/C21H17N3O4/c1-12-5-7-14(8-6-12)24-20-17(21(26)27-2)18(25)16(28-20)10-13-11-23-19-15(13)4-3-9-22-19/h3-11,24-25H,1-2H3/b13-10+. The van der Waals surface area contributed by atoms with Gasteiger partial charge in [-0.1, -0.05) is 17.7 Å². The third kappa shape index (κ3) is 3.14. The van der Waals surface area contributed by atoms with Gasteiger partial charge >= 0.3 is 5.97 Å². The smallest absolute Gasteiger partial charge is 0.347 e. The van der Waals surface area contributed by atoms with E-state index < -0.39 is 5.97 Å². The number of esters is 1. The Hall–Kier alpha value is -3.87. The maximum Gasteiger partial charge on any atom is 0.347 e. The van der Waals surface area contributed by atoms with E-state index in [1.54, 1.807) is 24.6 Å². The zero-order valence-corrected chi connectivity index (χ0v) is 15.3. The van der Waals surface area contributed by atoms with Crippen LogP contribution in [0.5, 0.6) is 5.75 Å². The number of allylic oxidation sites excluding steroid dienone is 1. The van der Waals surface area contributed by atoms with Gasteiger partial charge in [-0.3, -0.25) is 0 Å². The van der Waals surface area contributed by atoms with E-state index in [0.717, 1.165) is 11.1 Å². The second-order valence-corrected chi connectivity index (χ2v) is 6.23. The summed E-state index contributed by atoms with van der Waals surface area (Å²) in [6.45, 7) is 1.97. The van der Waals surface area contributed by atoms with Crippen molar-refractivity contribution in [3.05, 3.63) is 65.0 Å². The van der Waals surface area contributed by atoms with Crippen molar-refractivity contribution in [2.45, 2.75) is 6.92 Å². The number of carbonyl (C=O) groups excluding carboxylic acids is 1. The van der Waals surface area contributed by atoms with Gasteiger partial charge in [-0.15, -0.1) is 0 Å². The number of hydrogen-bond acceptors (Lipinski definition) is 7. The third-order valence-corrected chi connectivity index (χ3v) is 4.32. The highest BCUT2D eigenvalue weighted by Crippen LogP contribution is 2.39. The largest absolute Gasteiger partial charge is 0.504 e. The van der Waals surface area contributed by atoms with Crippen LogP contribution in [-0.4, -0.2) is 29.4 Å². The number of pyridine rings is 1. The number of hydrogen-bond donors (Lipinski definition) is 2. The van der Waals surface area contributed by atoms with Crippen LogP contribution in [-0.2, 0) is 4.74 Å². The molecular weight excluding hydrogens is 358 g/mol. The lowest BCUT2D eigenvalue weighted by molar-refractivity contribution is 0.0598. The molecular formula is C21H17N3O4. The van der Waals surface area contributed by atoms with Crippen molar-refractivity contribution in [3.8, 4) is 5.75 Å². The van der Waals surface area contributed by atoms with Crippen LogP contribution in [0.1, 0.15) is 27.2 Å². The van der Waals surface area contributed by atoms with Gasteiger partial charge in [0, 0.05) is 29.2 Å². The van der Waals surface area contributed by atoms with Crippen molar-refractivity contribution in [1.29, 1.82) is 0 Å². The molecule has 4 rings (SSSR count). The zero-order valence-electron chi connectivity index (χ0n) is 15.3. The lowest BCUT2D eigenvalue weighted by Crippen LogP contribution is -2.03. The van der Waals surface area contributed by atoms with Gasteiger partial charge in [0.05, 0.1) is 7.11 Å². The van der Waals surface area contributed by atoms with E-state index >= 15 is 0 Å². The van der Waals surface area contributed by atoms with Gasteiger partial charge in [0.15, 0.2) is 22.9 Å². The molecule has 7 nitrogen and oxygen atoms in total. The number of benzene rings is 1. The molecule has 0 fully saturated rings. The monoisotopic (exact) mass is 375 g/mol. The van der Waals surface area contributed by atoms with Gasteiger partial charge < -0.3 is 19.6 Å². The summed E-state index contributed by atoms with van der Waals surface area (Å²) in [7, 11) is 1.24. The Kier molecular flexibility index (Phi) is 4.41. The molecule has 0 saturated heterocycles. The number of nitrogens with zero attached hydrogens (tertiary/aromatic N) is 2. The fraction of sp³-hybridized carbons (Fsp3) is 0.0952. The van der Waals surface area contributed by atoms with Crippen LogP contribution in [0.4, 0.5) is 17.4 Å². The predicted molar refractivity (Wildman–Crippen MR) is 106 cm³/mol. The number of aromatic hydroxyl groups is 1. The first-order valence-corrected chi connectivity index (χ1v) is 8.55. The second-order valence-electron chi connectivity index (χ2n) is 6.23. The molecule has 2 N–H and O–H groups in total. The number of aryl methyl sites for hydroxylation is 1. The minimum atomic E-state index is -0.706. The Labute approximate surface area is 161 Å². The highest BCUT2D eigenvalue weighted by molar-refractivity contribution is 6.21. The number of fused-ring (bicyclic) bond motifs is 1. The fourth-order valence-corrected chi connectivity index (χ4v) is 2.87. The molecule has 1 aromatic carbocycles. The Morgan fingerprint density at radius 3 is 2.79 bits per heavy atom. The van der Waals surface area contributed by atoms with Gasteiger partial charge in [0.2, 0.25) is 5.88 Å². The van der Waals surface area contributed by atoms with E-state index in [-0.39, 0.29) is 23.0 Å². The van der Waals surface area contributed by atoms with Gasteiger partial charge in [-0.05, 0) is 37.3 Å². The lowest BCUT2D eigenvalue weighted by Gasteiger charge is -2.05. The molecule has 0 bridgehead atoms. The number of nitrogens with one attached hydrogen (secondary N) is 1. The zero-order chi connectivity index (χ0) is 19.7. The lowest BCUT2D eigenvalue weighted by atomic mass is 10.1. The summed E-state index contributed by atoms with van der Waals surface area (Å²) in [6, 6.07) is 11.2. The number of ether oxygens (including phenoxy) is 1. The second kappa shape index (κ2) is 7.03. The average molecular weight is 375 g/mol. The van der Waals surface area contributed by atoms with Crippen LogP contribution in [0.3, 0.4) is 0 Å². The van der Waals surface area contributed by atoms with Crippen molar-refractivity contribution < 1.29 is 19.1 Å². The van der Waals surface area contributed by atoms with Crippen LogP contribution in [0.2, 0.25) is 0 Å². The molecule has 0 saturated carbocycles. The number of anilines is 2. The number of aliphatic imine (C=N–C) groups is 1. The van der Waals surface area contributed by atoms with Crippen molar-refractivity contribution in [1.82, 2.24) is 4.98 Å². The minimum absolute atomic E-state index is 0.0729. The summed E-state index contributed by atoms with van der Waals surface area (Å²) in [5.74, 6) is -0.206. The van der Waals surface area contributed by atoms with Crippen molar-refractivity contribution in [3.63, 3.8) is 0 Å². The maximum atomic E-state index is 12.2. The molecule has 28 heavy (non-hydrogen) atoms. The van der Waals surface area contributed by atoms with Crippen molar-refractivity contribution >= 4 is 41.2 Å². The molecule has 0 atom stereocenters. The number of carbonyl (C=O) groups is 1. The molecule has 0 amide bonds. The van der Waals surface area contributed by atoms with E-state index in [4.69, 9.17) is 9.15 Å². The van der Waals surface area contributed by atoms with Crippen molar-refractivity contribution in [2.75, 3.05) is 12.4 Å². The normalized spacial score (nSPS) is 13.6. The van der Waals surface area contributed by atoms with Crippen molar-refractivity contribution in [2.24, 2.45) is 4.99 Å². The van der Waals surface area contributed by atoms with Crippen LogP contribution >= 0.6 is 0 Å². The third-order valence-electron chi connectivity index (χ3n) is 4.32. The fourth-order valence-electron chi connectivity index (χ4n) is 2.87. The Balaban J connectivity index is 1.76. The van der Waals surface area contributed by atoms with E-state index in [1.807, 2.05) is 37.3 Å². The van der Waals surface area contributed by atoms with Gasteiger partial charge in [-0.25, -0.2) is 14.8 Å². The van der Waals surface area contributed by atoms with E-state index in [1.165, 1.54) is 7.11 Å². The number of aromatic nitrogens is 1. The van der Waals surface area contributed by atoms with E-state index in [0.29, 0.717) is 17.1 Å². The van der Waals surface area contributed by atoms with Gasteiger partial charge in [0.25, 0.3) is 0 Å². The van der Waals surface area contributed by atoms with Gasteiger partial charge in [0.1, 0.15) is 0 Å². The SMILES string of the molecule is COC(=O)c1c(Nc2ccc(C)cc2)oc(/C=C2\C=Nc3ncccc32)c1O. The van der Waals surface area contributed by atoms with Crippen LogP contribution in [0.15, 0.2) is 52.0 Å². The summed E-state index contributed by atoms with van der Waals surface area (Å²) < 4.78 is 10.6. The number of furan rings is 1. The summed E-state index contributed by atoms with van der Waals surface area (Å²) in [4.78, 5) is 20.6. The summed E-state index contributed by atoms with van der Waals surface area (Å²) in [6.07, 6.45) is 4.89. The number of methoxy groups -OCH3 is 1. The molecule has 1 aliphatic rings. The Morgan fingerprint density at radius 2 is 2.04 bits per heavy atom. The first kappa shape index (κ1) is 17.5. The predicted octanol–water partition coefficient (Wildman–Crippen LogP) is 4.48. The molecule has 7 heteroatoms. The highest BCUT2D eigenvalue weighted by Gasteiger charge is 2.27. The molecule has 0 radical (unpaired) electrons. The summed E-state index contributed by atoms with van der Waals surface area (Å²) >= 11 is 0. The maximum absolute atomic E-state index is 12.2. The van der Waals surface area contributed by atoms with E-state index in [2.05, 4.69) is 15.3 Å².